The van der Waals surface area contributed by atoms with Crippen LogP contribution in [0.15, 0.2) is 55.0 Å². The second-order valence-corrected chi connectivity index (χ2v) is 6.33. The highest BCUT2D eigenvalue weighted by Gasteiger charge is 2.21. The van der Waals surface area contributed by atoms with E-state index >= 15 is 0 Å². The number of aromatic nitrogens is 2. The minimum Gasteiger partial charge on any atom is -0.395 e. The van der Waals surface area contributed by atoms with Gasteiger partial charge in [-0.05, 0) is 48.2 Å². The van der Waals surface area contributed by atoms with Crippen LogP contribution in [0, 0.1) is 13.8 Å². The smallest absolute Gasteiger partial charge is 0.251 e. The summed E-state index contributed by atoms with van der Waals surface area (Å²) in [7, 11) is 0. The number of hydrogen-bond donors (Lipinski definition) is 3. The van der Waals surface area contributed by atoms with Crippen LogP contribution in [-0.4, -0.2) is 34.1 Å². The average Bonchev–Trinajstić information content (AvgIpc) is 3.18. The van der Waals surface area contributed by atoms with Gasteiger partial charge in [0.15, 0.2) is 0 Å². The molecule has 26 heavy (non-hydrogen) atoms. The molecule has 1 atom stereocenters. The third-order valence-corrected chi connectivity index (χ3v) is 4.67. The van der Waals surface area contributed by atoms with Gasteiger partial charge in [0, 0.05) is 24.0 Å². The molecule has 0 spiro atoms. The van der Waals surface area contributed by atoms with E-state index < -0.39 is 0 Å². The molecule has 5 heteroatoms. The van der Waals surface area contributed by atoms with Crippen molar-refractivity contribution >= 4 is 5.91 Å². The first-order valence-corrected chi connectivity index (χ1v) is 8.65. The Morgan fingerprint density at radius 1 is 1.23 bits per heavy atom. The van der Waals surface area contributed by atoms with E-state index in [1.54, 1.807) is 12.4 Å². The summed E-state index contributed by atoms with van der Waals surface area (Å²) in [6.07, 6.45) is 3.50. The lowest BCUT2D eigenvalue weighted by Crippen LogP contribution is -2.26. The number of aliphatic hydroxyl groups is 1. The van der Waals surface area contributed by atoms with Crippen LogP contribution in [-0.2, 0) is 0 Å². The Morgan fingerprint density at radius 2 is 2.04 bits per heavy atom. The van der Waals surface area contributed by atoms with Crippen molar-refractivity contribution in [1.82, 2.24) is 15.3 Å². The number of H-pyrrole nitrogens is 1. The third-order valence-electron chi connectivity index (χ3n) is 4.67. The topological polar surface area (TPSA) is 78.0 Å². The molecule has 0 radical (unpaired) electrons. The molecule has 3 aromatic rings. The predicted octanol–water partition coefficient (Wildman–Crippen LogP) is 2.93. The van der Waals surface area contributed by atoms with Crippen LogP contribution in [0.1, 0.15) is 44.2 Å². The van der Waals surface area contributed by atoms with E-state index in [2.05, 4.69) is 47.3 Å². The second kappa shape index (κ2) is 7.97. The number of aryl methyl sites for hydroxylation is 1. The van der Waals surface area contributed by atoms with Crippen molar-refractivity contribution in [3.8, 4) is 0 Å². The highest BCUT2D eigenvalue weighted by atomic mass is 16.3. The van der Waals surface area contributed by atoms with Crippen molar-refractivity contribution in [2.75, 3.05) is 13.2 Å². The molecule has 0 bridgehead atoms. The van der Waals surface area contributed by atoms with Crippen LogP contribution in [0.3, 0.4) is 0 Å². The number of aliphatic hydroxyl groups excluding tert-OH is 1. The Kier molecular flexibility index (Phi) is 5.49. The number of carbonyl (C=O) groups excluding carboxylic acids is 1. The highest BCUT2D eigenvalue weighted by molar-refractivity contribution is 5.94. The molecule has 134 valence electrons. The SMILES string of the molecule is Cc1cccc(C(c2cccc(C(=O)NCCO)c2)c2cnc[nH]2)c1C. The van der Waals surface area contributed by atoms with Gasteiger partial charge < -0.3 is 15.4 Å². The fourth-order valence-electron chi connectivity index (χ4n) is 3.17. The van der Waals surface area contributed by atoms with Gasteiger partial charge in [-0.15, -0.1) is 0 Å². The first-order valence-electron chi connectivity index (χ1n) is 8.65. The number of benzene rings is 2. The van der Waals surface area contributed by atoms with Crippen LogP contribution in [0.2, 0.25) is 0 Å². The third kappa shape index (κ3) is 3.68. The summed E-state index contributed by atoms with van der Waals surface area (Å²) < 4.78 is 0. The van der Waals surface area contributed by atoms with E-state index in [1.807, 2.05) is 24.4 Å². The van der Waals surface area contributed by atoms with E-state index in [0.717, 1.165) is 11.3 Å². The second-order valence-electron chi connectivity index (χ2n) is 6.33. The molecule has 5 nitrogen and oxygen atoms in total. The number of rotatable bonds is 6. The van der Waals surface area contributed by atoms with Crippen molar-refractivity contribution < 1.29 is 9.90 Å². The van der Waals surface area contributed by atoms with Crippen LogP contribution in [0.4, 0.5) is 0 Å². The molecule has 0 aliphatic heterocycles. The number of aromatic amines is 1. The standard InChI is InChI=1S/C21H23N3O2/c1-14-5-3-8-18(15(14)2)20(19-12-22-13-24-19)16-6-4-7-17(11-16)21(26)23-9-10-25/h3-8,11-13,20,25H,9-10H2,1-2H3,(H,22,24)(H,23,26). The number of nitrogens with zero attached hydrogens (tertiary/aromatic N) is 1. The fourth-order valence-corrected chi connectivity index (χ4v) is 3.17. The summed E-state index contributed by atoms with van der Waals surface area (Å²) in [6.45, 7) is 4.38. The summed E-state index contributed by atoms with van der Waals surface area (Å²) in [4.78, 5) is 19.7. The quantitative estimate of drug-likeness (QED) is 0.640. The number of hydrogen-bond acceptors (Lipinski definition) is 3. The first-order chi connectivity index (χ1) is 12.6. The lowest BCUT2D eigenvalue weighted by atomic mass is 9.84. The van der Waals surface area contributed by atoms with Crippen molar-refractivity contribution in [1.29, 1.82) is 0 Å². The molecule has 2 aromatic carbocycles. The summed E-state index contributed by atoms with van der Waals surface area (Å²) in [5, 5.41) is 11.6. The van der Waals surface area contributed by atoms with E-state index in [0.29, 0.717) is 5.56 Å². The van der Waals surface area contributed by atoms with Crippen LogP contribution in [0.5, 0.6) is 0 Å². The molecular formula is C21H23N3O2. The zero-order valence-electron chi connectivity index (χ0n) is 15.0. The van der Waals surface area contributed by atoms with Crippen molar-refractivity contribution in [3.63, 3.8) is 0 Å². The zero-order valence-corrected chi connectivity index (χ0v) is 15.0. The van der Waals surface area contributed by atoms with Gasteiger partial charge in [0.2, 0.25) is 0 Å². The molecule has 0 aliphatic rings. The van der Waals surface area contributed by atoms with Gasteiger partial charge in [-0.2, -0.15) is 0 Å². The Bertz CT molecular complexity index is 888. The van der Waals surface area contributed by atoms with Crippen molar-refractivity contribution in [3.05, 3.63) is 88.5 Å². The number of carbonyl (C=O) groups is 1. The summed E-state index contributed by atoms with van der Waals surface area (Å²) in [6, 6.07) is 13.9. The maximum atomic E-state index is 12.3. The Balaban J connectivity index is 2.06. The van der Waals surface area contributed by atoms with Crippen molar-refractivity contribution in [2.45, 2.75) is 19.8 Å². The number of amides is 1. The zero-order chi connectivity index (χ0) is 18.5. The van der Waals surface area contributed by atoms with E-state index in [9.17, 15) is 4.79 Å². The normalized spacial score (nSPS) is 12.0. The van der Waals surface area contributed by atoms with Crippen LogP contribution in [0.25, 0.3) is 0 Å². The van der Waals surface area contributed by atoms with Gasteiger partial charge in [0.1, 0.15) is 0 Å². The van der Waals surface area contributed by atoms with Gasteiger partial charge in [0.25, 0.3) is 5.91 Å². The van der Waals surface area contributed by atoms with Crippen LogP contribution < -0.4 is 5.32 Å². The largest absolute Gasteiger partial charge is 0.395 e. The molecule has 1 unspecified atom stereocenters. The minimum absolute atomic E-state index is 0.0389. The number of imidazole rings is 1. The molecule has 1 heterocycles. The Labute approximate surface area is 153 Å². The molecule has 1 aromatic heterocycles. The van der Waals surface area contributed by atoms with E-state index in [-0.39, 0.29) is 25.0 Å². The molecule has 0 saturated carbocycles. The molecule has 0 fully saturated rings. The lowest BCUT2D eigenvalue weighted by Gasteiger charge is -2.20. The minimum atomic E-state index is -0.190. The fraction of sp³-hybridized carbons (Fsp3) is 0.238. The Morgan fingerprint density at radius 3 is 2.77 bits per heavy atom. The van der Waals surface area contributed by atoms with Crippen molar-refractivity contribution in [2.24, 2.45) is 0 Å². The predicted molar refractivity (Wildman–Crippen MR) is 101 cm³/mol. The Hall–Kier alpha value is -2.92. The van der Waals surface area contributed by atoms with Gasteiger partial charge in [0.05, 0.1) is 18.9 Å². The molecule has 0 saturated heterocycles. The highest BCUT2D eigenvalue weighted by Crippen LogP contribution is 2.33. The molecule has 1 amide bonds. The molecule has 3 rings (SSSR count). The summed E-state index contributed by atoms with van der Waals surface area (Å²) in [5.41, 5.74) is 6.20. The van der Waals surface area contributed by atoms with E-state index in [4.69, 9.17) is 5.11 Å². The average molecular weight is 349 g/mol. The maximum absolute atomic E-state index is 12.3. The maximum Gasteiger partial charge on any atom is 0.251 e. The monoisotopic (exact) mass is 349 g/mol. The van der Waals surface area contributed by atoms with Gasteiger partial charge >= 0.3 is 0 Å². The summed E-state index contributed by atoms with van der Waals surface area (Å²) in [5.74, 6) is -0.229. The molecule has 0 aliphatic carbocycles. The van der Waals surface area contributed by atoms with Gasteiger partial charge in [-0.3, -0.25) is 4.79 Å². The molecular weight excluding hydrogens is 326 g/mol. The van der Waals surface area contributed by atoms with E-state index in [1.165, 1.54) is 16.7 Å². The van der Waals surface area contributed by atoms with Gasteiger partial charge in [-0.25, -0.2) is 4.98 Å². The van der Waals surface area contributed by atoms with Crippen LogP contribution >= 0.6 is 0 Å². The number of nitrogens with one attached hydrogen (secondary N) is 2. The lowest BCUT2D eigenvalue weighted by molar-refractivity contribution is 0.0944. The summed E-state index contributed by atoms with van der Waals surface area (Å²) >= 11 is 0. The first kappa shape index (κ1) is 17.9. The molecule has 3 N–H and O–H groups in total. The van der Waals surface area contributed by atoms with Gasteiger partial charge in [-0.1, -0.05) is 30.3 Å².